The lowest BCUT2D eigenvalue weighted by atomic mass is 9.84. The summed E-state index contributed by atoms with van der Waals surface area (Å²) in [5.74, 6) is 0. The Bertz CT molecular complexity index is 520. The Morgan fingerprint density at radius 2 is 1.95 bits per heavy atom. The maximum Gasteiger partial charge on any atom is 0.407 e. The number of hydrogen-bond acceptors (Lipinski definition) is 3. The Labute approximate surface area is 124 Å². The van der Waals surface area contributed by atoms with Gasteiger partial charge < -0.3 is 15.1 Å². The van der Waals surface area contributed by atoms with E-state index in [-0.39, 0.29) is 12.1 Å². The van der Waals surface area contributed by atoms with Gasteiger partial charge in [0.05, 0.1) is 12.1 Å². The minimum atomic E-state index is -0.846. The van der Waals surface area contributed by atoms with Crippen LogP contribution in [0.15, 0.2) is 24.3 Å². The van der Waals surface area contributed by atoms with Gasteiger partial charge in [-0.15, -0.1) is 0 Å². The van der Waals surface area contributed by atoms with Gasteiger partial charge in [0.25, 0.3) is 0 Å². The lowest BCUT2D eigenvalue weighted by molar-refractivity contribution is 0.0374. The number of nitrogens with zero attached hydrogens (tertiary/aromatic N) is 2. The molecule has 1 heterocycles. The molecule has 0 spiro atoms. The molecule has 1 aliphatic carbocycles. The van der Waals surface area contributed by atoms with Gasteiger partial charge in [-0.1, -0.05) is 24.3 Å². The van der Waals surface area contributed by atoms with Crippen LogP contribution in [0.25, 0.3) is 0 Å². The molecule has 2 N–H and O–H groups in total. The molecule has 1 aromatic rings. The molecule has 1 aliphatic heterocycles. The van der Waals surface area contributed by atoms with Crippen molar-refractivity contribution in [2.75, 3.05) is 26.2 Å². The number of hydrogen-bond donors (Lipinski definition) is 2. The number of benzene rings is 1. The topological polar surface area (TPSA) is 64.0 Å². The fraction of sp³-hybridized carbons (Fsp3) is 0.562. The Morgan fingerprint density at radius 1 is 1.14 bits per heavy atom. The summed E-state index contributed by atoms with van der Waals surface area (Å²) in [4.78, 5) is 14.8. The number of aryl methyl sites for hydroxylation is 1. The Morgan fingerprint density at radius 3 is 2.76 bits per heavy atom. The summed E-state index contributed by atoms with van der Waals surface area (Å²) in [6.45, 7) is 2.61. The van der Waals surface area contributed by atoms with E-state index in [0.717, 1.165) is 25.8 Å². The molecule has 114 valence electrons. The molecular formula is C16H22N2O3. The largest absolute Gasteiger partial charge is 0.465 e. The van der Waals surface area contributed by atoms with E-state index in [1.807, 2.05) is 12.1 Å². The summed E-state index contributed by atoms with van der Waals surface area (Å²) in [7, 11) is 0. The van der Waals surface area contributed by atoms with Crippen molar-refractivity contribution >= 4 is 6.09 Å². The van der Waals surface area contributed by atoms with Crippen LogP contribution in [-0.4, -0.2) is 58.4 Å². The second-order valence-corrected chi connectivity index (χ2v) is 5.91. The van der Waals surface area contributed by atoms with Crippen LogP contribution in [0.4, 0.5) is 4.79 Å². The molecule has 1 saturated heterocycles. The van der Waals surface area contributed by atoms with Crippen LogP contribution in [-0.2, 0) is 6.42 Å². The van der Waals surface area contributed by atoms with Crippen molar-refractivity contribution in [3.8, 4) is 0 Å². The van der Waals surface area contributed by atoms with E-state index in [1.165, 1.54) is 16.0 Å². The van der Waals surface area contributed by atoms with Crippen molar-refractivity contribution in [1.29, 1.82) is 0 Å². The van der Waals surface area contributed by atoms with Crippen LogP contribution in [0.3, 0.4) is 0 Å². The van der Waals surface area contributed by atoms with Crippen molar-refractivity contribution in [3.63, 3.8) is 0 Å². The normalized spacial score (nSPS) is 27.0. The molecule has 5 nitrogen and oxygen atoms in total. The Kier molecular flexibility index (Phi) is 4.12. The monoisotopic (exact) mass is 290 g/mol. The summed E-state index contributed by atoms with van der Waals surface area (Å²) >= 11 is 0. The van der Waals surface area contributed by atoms with Gasteiger partial charge in [0.1, 0.15) is 0 Å². The van der Waals surface area contributed by atoms with E-state index in [0.29, 0.717) is 19.6 Å². The summed E-state index contributed by atoms with van der Waals surface area (Å²) < 4.78 is 0. The van der Waals surface area contributed by atoms with Crippen molar-refractivity contribution < 1.29 is 15.0 Å². The number of aliphatic hydroxyl groups excluding tert-OH is 1. The zero-order chi connectivity index (χ0) is 14.8. The SMILES string of the molecule is O=C(O)N1CCCN([C@@H]2c3ccccc3CC[C@H]2O)CC1. The molecule has 21 heavy (non-hydrogen) atoms. The lowest BCUT2D eigenvalue weighted by Crippen LogP contribution is -2.42. The number of fused-ring (bicyclic) bond motifs is 1. The molecule has 5 heteroatoms. The van der Waals surface area contributed by atoms with Gasteiger partial charge in [-0.05, 0) is 30.4 Å². The first kappa shape index (κ1) is 14.4. The number of carboxylic acid groups (broad SMARTS) is 1. The van der Waals surface area contributed by atoms with Crippen molar-refractivity contribution in [1.82, 2.24) is 9.80 Å². The third-order valence-corrected chi connectivity index (χ3v) is 4.64. The maximum absolute atomic E-state index is 11.1. The molecule has 0 saturated carbocycles. The summed E-state index contributed by atoms with van der Waals surface area (Å²) in [5.41, 5.74) is 2.52. The molecule has 2 atom stereocenters. The van der Waals surface area contributed by atoms with E-state index in [1.54, 1.807) is 0 Å². The van der Waals surface area contributed by atoms with E-state index < -0.39 is 6.09 Å². The molecule has 0 bridgehead atoms. The number of carbonyl (C=O) groups is 1. The maximum atomic E-state index is 11.1. The molecule has 0 unspecified atom stereocenters. The fourth-order valence-electron chi connectivity index (χ4n) is 3.57. The molecule has 2 aliphatic rings. The number of rotatable bonds is 1. The molecule has 3 rings (SSSR count). The highest BCUT2D eigenvalue weighted by atomic mass is 16.4. The third kappa shape index (κ3) is 2.89. The minimum Gasteiger partial charge on any atom is -0.465 e. The fourth-order valence-corrected chi connectivity index (χ4v) is 3.57. The number of aliphatic hydroxyl groups is 1. The van der Waals surface area contributed by atoms with Crippen molar-refractivity contribution in [2.45, 2.75) is 31.4 Å². The zero-order valence-electron chi connectivity index (χ0n) is 12.1. The van der Waals surface area contributed by atoms with E-state index >= 15 is 0 Å². The summed E-state index contributed by atoms with van der Waals surface area (Å²) in [6, 6.07) is 8.30. The highest BCUT2D eigenvalue weighted by Crippen LogP contribution is 2.34. The standard InChI is InChI=1S/C16H22N2O3/c19-14-7-6-12-4-1-2-5-13(12)15(14)17-8-3-9-18(11-10-17)16(20)21/h1-2,4-5,14-15,19H,3,6-11H2,(H,20,21)/t14-,15-/m1/s1. The van der Waals surface area contributed by atoms with Crippen LogP contribution < -0.4 is 0 Å². The van der Waals surface area contributed by atoms with Crippen molar-refractivity contribution in [2.24, 2.45) is 0 Å². The molecule has 0 aromatic heterocycles. The first-order chi connectivity index (χ1) is 10.2. The van der Waals surface area contributed by atoms with Gasteiger partial charge in [0.2, 0.25) is 0 Å². The minimum absolute atomic E-state index is 0.00342. The average Bonchev–Trinajstić information content (AvgIpc) is 2.73. The average molecular weight is 290 g/mol. The van der Waals surface area contributed by atoms with E-state index in [2.05, 4.69) is 17.0 Å². The zero-order valence-corrected chi connectivity index (χ0v) is 12.1. The van der Waals surface area contributed by atoms with Crippen LogP contribution in [0.5, 0.6) is 0 Å². The van der Waals surface area contributed by atoms with Crippen LogP contribution in [0, 0.1) is 0 Å². The first-order valence-electron chi connectivity index (χ1n) is 7.64. The highest BCUT2D eigenvalue weighted by molar-refractivity contribution is 5.64. The molecule has 0 radical (unpaired) electrons. The quantitative estimate of drug-likeness (QED) is 0.826. The van der Waals surface area contributed by atoms with E-state index in [9.17, 15) is 9.90 Å². The van der Waals surface area contributed by atoms with Gasteiger partial charge in [-0.25, -0.2) is 4.79 Å². The van der Waals surface area contributed by atoms with Crippen LogP contribution >= 0.6 is 0 Å². The van der Waals surface area contributed by atoms with Gasteiger partial charge in [0, 0.05) is 26.2 Å². The second kappa shape index (κ2) is 6.03. The first-order valence-corrected chi connectivity index (χ1v) is 7.64. The van der Waals surface area contributed by atoms with Gasteiger partial charge in [0.15, 0.2) is 0 Å². The molecule has 1 fully saturated rings. The molecular weight excluding hydrogens is 268 g/mol. The third-order valence-electron chi connectivity index (χ3n) is 4.64. The van der Waals surface area contributed by atoms with Gasteiger partial charge >= 0.3 is 6.09 Å². The number of amides is 1. The second-order valence-electron chi connectivity index (χ2n) is 5.91. The molecule has 1 aromatic carbocycles. The molecule has 1 amide bonds. The van der Waals surface area contributed by atoms with Crippen LogP contribution in [0.2, 0.25) is 0 Å². The van der Waals surface area contributed by atoms with Gasteiger partial charge in [-0.3, -0.25) is 4.90 Å². The highest BCUT2D eigenvalue weighted by Gasteiger charge is 2.33. The van der Waals surface area contributed by atoms with Crippen LogP contribution in [0.1, 0.15) is 30.0 Å². The lowest BCUT2D eigenvalue weighted by Gasteiger charge is -2.38. The smallest absolute Gasteiger partial charge is 0.407 e. The predicted molar refractivity (Wildman–Crippen MR) is 79.3 cm³/mol. The summed E-state index contributed by atoms with van der Waals surface area (Å²) in [6.07, 6.45) is 1.30. The Balaban J connectivity index is 1.81. The summed E-state index contributed by atoms with van der Waals surface area (Å²) in [5, 5.41) is 19.6. The van der Waals surface area contributed by atoms with Crippen molar-refractivity contribution in [3.05, 3.63) is 35.4 Å². The predicted octanol–water partition coefficient (Wildman–Crippen LogP) is 1.72. The Hall–Kier alpha value is -1.59. The van der Waals surface area contributed by atoms with E-state index in [4.69, 9.17) is 5.11 Å². The van der Waals surface area contributed by atoms with Gasteiger partial charge in [-0.2, -0.15) is 0 Å².